The van der Waals surface area contributed by atoms with E-state index >= 15 is 0 Å². The number of rotatable bonds is 7. The van der Waals surface area contributed by atoms with Crippen LogP contribution < -0.4 is 0 Å². The van der Waals surface area contributed by atoms with E-state index in [0.29, 0.717) is 19.3 Å². The summed E-state index contributed by atoms with van der Waals surface area (Å²) >= 11 is 1.27. The summed E-state index contributed by atoms with van der Waals surface area (Å²) in [5.74, 6) is 0.0726. The Morgan fingerprint density at radius 3 is 2.44 bits per heavy atom. The minimum Gasteiger partial charge on any atom is -0.511 e. The summed E-state index contributed by atoms with van der Waals surface area (Å²) in [5, 5.41) is 30.9. The average molecular weight is 511 g/mol. The van der Waals surface area contributed by atoms with Crippen molar-refractivity contribution in [2.45, 2.75) is 95.2 Å². The number of benzene rings is 2. The van der Waals surface area contributed by atoms with Crippen LogP contribution in [0.1, 0.15) is 81.5 Å². The highest BCUT2D eigenvalue weighted by molar-refractivity contribution is 8.04. The molecule has 1 atom stereocenters. The van der Waals surface area contributed by atoms with Crippen LogP contribution in [0.15, 0.2) is 52.0 Å². The van der Waals surface area contributed by atoms with E-state index in [0.717, 1.165) is 52.8 Å². The quantitative estimate of drug-likeness (QED) is 0.353. The smallest absolute Gasteiger partial charge is 0.349 e. The molecule has 0 radical (unpaired) electrons. The molecule has 194 valence electrons. The van der Waals surface area contributed by atoms with Crippen LogP contribution in [0.25, 0.3) is 0 Å². The van der Waals surface area contributed by atoms with Gasteiger partial charge in [-0.15, -0.1) is 0 Å². The number of phenols is 1. The fourth-order valence-electron chi connectivity index (χ4n) is 5.62. The van der Waals surface area contributed by atoms with Crippen molar-refractivity contribution in [2.75, 3.05) is 0 Å². The predicted octanol–water partition coefficient (Wildman–Crippen LogP) is 6.86. The molecule has 1 heterocycles. The van der Waals surface area contributed by atoms with Gasteiger partial charge in [0, 0.05) is 11.3 Å². The van der Waals surface area contributed by atoms with Crippen molar-refractivity contribution >= 4 is 17.7 Å². The van der Waals surface area contributed by atoms with Gasteiger partial charge >= 0.3 is 5.97 Å². The molecule has 1 unspecified atom stereocenters. The van der Waals surface area contributed by atoms with Gasteiger partial charge in [0.15, 0.2) is 0 Å². The Kier molecular flexibility index (Phi) is 7.77. The van der Waals surface area contributed by atoms with Gasteiger partial charge in [-0.2, -0.15) is 0 Å². The number of hydrogen-bond acceptors (Lipinski definition) is 6. The lowest BCUT2D eigenvalue weighted by molar-refractivity contribution is -0.166. The molecule has 36 heavy (non-hydrogen) atoms. The number of esters is 1. The fraction of sp³-hybridized carbons (Fsp3) is 0.500. The zero-order chi connectivity index (χ0) is 26.1. The van der Waals surface area contributed by atoms with Gasteiger partial charge in [-0.3, -0.25) is 0 Å². The highest BCUT2D eigenvalue weighted by atomic mass is 32.2. The summed E-state index contributed by atoms with van der Waals surface area (Å²) in [4.78, 5) is 14.6. The molecular weight excluding hydrogens is 472 g/mol. The Morgan fingerprint density at radius 2 is 1.83 bits per heavy atom. The maximum absolute atomic E-state index is 13.5. The largest absolute Gasteiger partial charge is 0.511 e. The minimum absolute atomic E-state index is 0.0427. The highest BCUT2D eigenvalue weighted by Crippen LogP contribution is 2.49. The van der Waals surface area contributed by atoms with Crippen LogP contribution in [-0.2, 0) is 28.0 Å². The Morgan fingerprint density at radius 1 is 1.11 bits per heavy atom. The number of aryl methyl sites for hydroxylation is 2. The molecule has 1 aliphatic carbocycles. The van der Waals surface area contributed by atoms with E-state index in [2.05, 4.69) is 20.8 Å². The van der Waals surface area contributed by atoms with Crippen LogP contribution >= 0.6 is 11.8 Å². The molecule has 0 spiro atoms. The number of cyclic esters (lactones) is 1. The third kappa shape index (κ3) is 5.60. The van der Waals surface area contributed by atoms with Gasteiger partial charge in [0.1, 0.15) is 22.0 Å². The maximum Gasteiger partial charge on any atom is 0.349 e. The molecule has 0 saturated heterocycles. The van der Waals surface area contributed by atoms with Crippen LogP contribution in [0.5, 0.6) is 5.75 Å². The maximum atomic E-state index is 13.5. The van der Waals surface area contributed by atoms with E-state index in [1.807, 2.05) is 31.2 Å². The molecule has 3 N–H and O–H groups in total. The van der Waals surface area contributed by atoms with E-state index in [1.165, 1.54) is 11.8 Å². The normalized spacial score (nSPS) is 21.2. The molecule has 1 fully saturated rings. The van der Waals surface area contributed by atoms with Crippen molar-refractivity contribution in [3.63, 3.8) is 0 Å². The molecule has 0 aromatic heterocycles. The standard InChI is InChI=1S/C30H38O5S/c1-19-14-26(24(29(2,3)4)16-21(19)18-31)36-27-25(33)17-30(35-28(27)34,22-9-5-6-10-22)13-12-20-8-7-11-23(32)15-20/h7-8,11,14-16,22,31-33H,5-6,9-10,12-13,17-18H2,1-4H3. The Labute approximate surface area is 218 Å². The van der Waals surface area contributed by atoms with Gasteiger partial charge in [-0.25, -0.2) is 4.79 Å². The molecule has 2 aliphatic rings. The minimum atomic E-state index is -0.739. The average Bonchev–Trinajstić information content (AvgIpc) is 3.35. The molecule has 1 aliphatic heterocycles. The SMILES string of the molecule is Cc1cc(SC2=C(O)CC(CCc3cccc(O)c3)(C3CCCC3)OC2=O)c(C(C)(C)C)cc1CO. The monoisotopic (exact) mass is 510 g/mol. The molecule has 2 aromatic carbocycles. The number of aromatic hydroxyl groups is 1. The molecule has 0 bridgehead atoms. The Bertz CT molecular complexity index is 1160. The number of aliphatic hydroxyl groups excluding tert-OH is 2. The van der Waals surface area contributed by atoms with Crippen molar-refractivity contribution in [1.82, 2.24) is 0 Å². The summed E-state index contributed by atoms with van der Waals surface area (Å²) in [6.07, 6.45) is 5.75. The van der Waals surface area contributed by atoms with Crippen LogP contribution in [0, 0.1) is 12.8 Å². The fourth-order valence-corrected chi connectivity index (χ4v) is 6.86. The Balaban J connectivity index is 1.65. The van der Waals surface area contributed by atoms with Gasteiger partial charge in [0.2, 0.25) is 0 Å². The molecule has 0 amide bonds. The number of aliphatic hydroxyl groups is 2. The molecule has 2 aromatic rings. The number of hydrogen-bond donors (Lipinski definition) is 3. The first-order valence-corrected chi connectivity index (χ1v) is 13.7. The number of ether oxygens (including phenoxy) is 1. The molecule has 6 heteroatoms. The van der Waals surface area contributed by atoms with Gasteiger partial charge < -0.3 is 20.1 Å². The molecule has 4 rings (SSSR count). The van der Waals surface area contributed by atoms with E-state index in [9.17, 15) is 20.1 Å². The summed E-state index contributed by atoms with van der Waals surface area (Å²) in [6.45, 7) is 8.20. The first-order chi connectivity index (χ1) is 17.0. The molecular formula is C30H38O5S. The van der Waals surface area contributed by atoms with Gasteiger partial charge in [0.25, 0.3) is 0 Å². The van der Waals surface area contributed by atoms with Crippen molar-refractivity contribution in [3.05, 3.63) is 69.3 Å². The second kappa shape index (κ2) is 10.5. The zero-order valence-electron chi connectivity index (χ0n) is 21.8. The van der Waals surface area contributed by atoms with Crippen molar-refractivity contribution in [3.8, 4) is 5.75 Å². The first kappa shape index (κ1) is 26.6. The van der Waals surface area contributed by atoms with Crippen LogP contribution in [-0.4, -0.2) is 26.9 Å². The van der Waals surface area contributed by atoms with E-state index in [4.69, 9.17) is 4.74 Å². The van der Waals surface area contributed by atoms with Gasteiger partial charge in [0.05, 0.1) is 6.61 Å². The van der Waals surface area contributed by atoms with Crippen LogP contribution in [0.3, 0.4) is 0 Å². The number of carbonyl (C=O) groups excluding carboxylic acids is 1. The number of carbonyl (C=O) groups is 1. The lowest BCUT2D eigenvalue weighted by Gasteiger charge is -2.41. The highest BCUT2D eigenvalue weighted by Gasteiger charge is 2.48. The van der Waals surface area contributed by atoms with E-state index < -0.39 is 11.6 Å². The van der Waals surface area contributed by atoms with Crippen molar-refractivity contribution < 1.29 is 24.9 Å². The number of thioether (sulfide) groups is 1. The lowest BCUT2D eigenvalue weighted by atomic mass is 9.77. The molecule has 1 saturated carbocycles. The first-order valence-electron chi connectivity index (χ1n) is 12.9. The van der Waals surface area contributed by atoms with Gasteiger partial charge in [-0.1, -0.05) is 63.6 Å². The zero-order valence-corrected chi connectivity index (χ0v) is 22.6. The van der Waals surface area contributed by atoms with Crippen LogP contribution in [0.2, 0.25) is 0 Å². The summed E-state index contributed by atoms with van der Waals surface area (Å²) in [5.41, 5.74) is 2.87. The van der Waals surface area contributed by atoms with Gasteiger partial charge in [-0.05, 0) is 84.4 Å². The number of phenolic OH excluding ortho intramolecular Hbond substituents is 1. The summed E-state index contributed by atoms with van der Waals surface area (Å²) in [7, 11) is 0. The van der Waals surface area contributed by atoms with E-state index in [1.54, 1.807) is 12.1 Å². The lowest BCUT2D eigenvalue weighted by Crippen LogP contribution is -2.45. The predicted molar refractivity (Wildman–Crippen MR) is 143 cm³/mol. The third-order valence-corrected chi connectivity index (χ3v) is 8.85. The topological polar surface area (TPSA) is 87.0 Å². The van der Waals surface area contributed by atoms with Crippen LogP contribution in [0.4, 0.5) is 0 Å². The van der Waals surface area contributed by atoms with Crippen molar-refractivity contribution in [2.24, 2.45) is 5.92 Å². The third-order valence-electron chi connectivity index (χ3n) is 7.69. The van der Waals surface area contributed by atoms with E-state index in [-0.39, 0.29) is 34.4 Å². The second-order valence-corrected chi connectivity index (χ2v) is 12.4. The van der Waals surface area contributed by atoms with Crippen molar-refractivity contribution in [1.29, 1.82) is 0 Å². The summed E-state index contributed by atoms with van der Waals surface area (Å²) < 4.78 is 6.29. The molecule has 5 nitrogen and oxygen atoms in total. The summed E-state index contributed by atoms with van der Waals surface area (Å²) in [6, 6.07) is 11.2. The second-order valence-electron chi connectivity index (χ2n) is 11.3. The Hall–Kier alpha value is -2.44.